The number of hydrogen-bond donors (Lipinski definition) is 2. The SMILES string of the molecule is CCOC(=O)[C@H]1O[C@@H]1C(=O)N[C@@H](CC)C(=O)NC(=O)N1CCN(c2ccccc2Cl)CC1. The van der Waals surface area contributed by atoms with Gasteiger partial charge >= 0.3 is 12.0 Å². The Morgan fingerprint density at radius 3 is 2.44 bits per heavy atom. The van der Waals surface area contributed by atoms with Gasteiger partial charge in [-0.05, 0) is 25.5 Å². The van der Waals surface area contributed by atoms with Crippen LogP contribution < -0.4 is 15.5 Å². The van der Waals surface area contributed by atoms with Crippen LogP contribution in [0.3, 0.4) is 0 Å². The van der Waals surface area contributed by atoms with E-state index in [1.54, 1.807) is 18.7 Å². The van der Waals surface area contributed by atoms with Crippen molar-refractivity contribution in [1.82, 2.24) is 15.5 Å². The number of amides is 4. The van der Waals surface area contributed by atoms with Gasteiger partial charge in [-0.2, -0.15) is 0 Å². The molecule has 0 unspecified atom stereocenters. The summed E-state index contributed by atoms with van der Waals surface area (Å²) in [4.78, 5) is 52.5. The van der Waals surface area contributed by atoms with Gasteiger partial charge in [0.1, 0.15) is 6.04 Å². The lowest BCUT2D eigenvalue weighted by atomic mass is 10.2. The number of nitrogens with zero attached hydrogens (tertiary/aromatic N) is 2. The van der Waals surface area contributed by atoms with Crippen LogP contribution in [-0.2, 0) is 23.9 Å². The van der Waals surface area contributed by atoms with Crippen molar-refractivity contribution < 1.29 is 28.7 Å². The first-order valence-electron chi connectivity index (χ1n) is 10.6. The Balaban J connectivity index is 1.46. The Bertz CT molecular complexity index is 874. The van der Waals surface area contributed by atoms with Gasteiger partial charge in [-0.1, -0.05) is 30.7 Å². The number of urea groups is 1. The molecular formula is C21H27ClN4O6. The number of epoxide rings is 1. The lowest BCUT2D eigenvalue weighted by Gasteiger charge is -2.36. The van der Waals surface area contributed by atoms with Gasteiger partial charge in [0.05, 0.1) is 17.3 Å². The second-order valence-corrected chi connectivity index (χ2v) is 7.83. The third-order valence-corrected chi connectivity index (χ3v) is 5.62. The van der Waals surface area contributed by atoms with Gasteiger partial charge in [-0.3, -0.25) is 14.9 Å². The topological polar surface area (TPSA) is 121 Å². The quantitative estimate of drug-likeness (QED) is 0.453. The lowest BCUT2D eigenvalue weighted by Crippen LogP contribution is -2.56. The van der Waals surface area contributed by atoms with Crippen molar-refractivity contribution in [3.8, 4) is 0 Å². The Labute approximate surface area is 191 Å². The second kappa shape index (κ2) is 10.6. The van der Waals surface area contributed by atoms with E-state index in [0.717, 1.165) is 5.69 Å². The minimum Gasteiger partial charge on any atom is -0.464 e. The van der Waals surface area contributed by atoms with Gasteiger partial charge in [-0.15, -0.1) is 0 Å². The van der Waals surface area contributed by atoms with Crippen molar-refractivity contribution in [1.29, 1.82) is 0 Å². The predicted molar refractivity (Wildman–Crippen MR) is 116 cm³/mol. The summed E-state index contributed by atoms with van der Waals surface area (Å²) in [5.41, 5.74) is 0.905. The first-order valence-corrected chi connectivity index (χ1v) is 10.9. The lowest BCUT2D eigenvalue weighted by molar-refractivity contribution is -0.144. The van der Waals surface area contributed by atoms with Gasteiger partial charge in [0, 0.05) is 26.2 Å². The Kier molecular flexibility index (Phi) is 7.92. The summed E-state index contributed by atoms with van der Waals surface area (Å²) in [5, 5.41) is 5.51. The highest BCUT2D eigenvalue weighted by molar-refractivity contribution is 6.33. The maximum atomic E-state index is 12.5. The molecule has 0 aliphatic carbocycles. The number of rotatable bonds is 7. The molecule has 2 aliphatic rings. The van der Waals surface area contributed by atoms with E-state index in [1.807, 2.05) is 24.3 Å². The van der Waals surface area contributed by atoms with E-state index in [-0.39, 0.29) is 13.0 Å². The fourth-order valence-electron chi connectivity index (χ4n) is 3.45. The summed E-state index contributed by atoms with van der Waals surface area (Å²) in [6, 6.07) is 6.05. The van der Waals surface area contributed by atoms with Crippen LogP contribution in [0.4, 0.5) is 10.5 Å². The molecule has 3 atom stereocenters. The molecule has 174 valence electrons. The molecule has 2 aliphatic heterocycles. The maximum Gasteiger partial charge on any atom is 0.338 e. The highest BCUT2D eigenvalue weighted by atomic mass is 35.5. The number of piperazine rings is 1. The number of ether oxygens (including phenoxy) is 2. The summed E-state index contributed by atoms with van der Waals surface area (Å²) in [6.07, 6.45) is -1.67. The van der Waals surface area contributed by atoms with E-state index in [1.165, 1.54) is 0 Å². The molecule has 1 aromatic rings. The smallest absolute Gasteiger partial charge is 0.338 e. The van der Waals surface area contributed by atoms with Crippen LogP contribution in [0.2, 0.25) is 5.02 Å². The average molecular weight is 467 g/mol. The zero-order valence-corrected chi connectivity index (χ0v) is 18.8. The Morgan fingerprint density at radius 1 is 1.12 bits per heavy atom. The summed E-state index contributed by atoms with van der Waals surface area (Å²) in [6.45, 7) is 5.53. The van der Waals surface area contributed by atoms with Gasteiger partial charge in [0.15, 0.2) is 12.2 Å². The highest BCUT2D eigenvalue weighted by Crippen LogP contribution is 2.26. The summed E-state index contributed by atoms with van der Waals surface area (Å²) in [5.74, 6) is -1.82. The van der Waals surface area contributed by atoms with Crippen LogP contribution in [0, 0.1) is 0 Å². The number of para-hydroxylation sites is 1. The van der Waals surface area contributed by atoms with E-state index >= 15 is 0 Å². The van der Waals surface area contributed by atoms with E-state index < -0.39 is 42.1 Å². The van der Waals surface area contributed by atoms with Gasteiger partial charge in [-0.25, -0.2) is 9.59 Å². The number of imide groups is 1. The Morgan fingerprint density at radius 2 is 1.81 bits per heavy atom. The Hall–Kier alpha value is -2.85. The number of hydrogen-bond acceptors (Lipinski definition) is 7. The van der Waals surface area contributed by atoms with Crippen molar-refractivity contribution in [2.45, 2.75) is 38.5 Å². The number of carbonyl (C=O) groups is 4. The van der Waals surface area contributed by atoms with Crippen molar-refractivity contribution in [2.24, 2.45) is 0 Å². The minimum atomic E-state index is -0.982. The van der Waals surface area contributed by atoms with Crippen LogP contribution in [0.15, 0.2) is 24.3 Å². The van der Waals surface area contributed by atoms with Gasteiger partial charge in [0.25, 0.3) is 11.8 Å². The predicted octanol–water partition coefficient (Wildman–Crippen LogP) is 0.924. The van der Waals surface area contributed by atoms with Crippen LogP contribution in [0.1, 0.15) is 20.3 Å². The van der Waals surface area contributed by atoms with Crippen molar-refractivity contribution in [3.05, 3.63) is 29.3 Å². The van der Waals surface area contributed by atoms with Crippen LogP contribution in [-0.4, -0.2) is 79.8 Å². The molecule has 2 fully saturated rings. The standard InChI is InChI=1S/C21H27ClN4O6/c1-3-14(23-19(28)16-17(32-16)20(29)31-4-2)18(27)24-21(30)26-11-9-25(10-12-26)15-8-6-5-7-13(15)22/h5-8,14,16-17H,3-4,9-12H2,1-2H3,(H,23,28)(H,24,27,30)/t14-,16-,17-/m0/s1. The van der Waals surface area contributed by atoms with Crippen LogP contribution in [0.25, 0.3) is 0 Å². The monoisotopic (exact) mass is 466 g/mol. The third-order valence-electron chi connectivity index (χ3n) is 5.30. The van der Waals surface area contributed by atoms with E-state index in [4.69, 9.17) is 21.1 Å². The number of halogens is 1. The molecule has 0 aromatic heterocycles. The molecular weight excluding hydrogens is 440 g/mol. The zero-order valence-electron chi connectivity index (χ0n) is 18.0. The zero-order chi connectivity index (χ0) is 23.3. The van der Waals surface area contributed by atoms with Crippen molar-refractivity contribution in [3.63, 3.8) is 0 Å². The molecule has 0 bridgehead atoms. The number of nitrogens with one attached hydrogen (secondary N) is 2. The third kappa shape index (κ3) is 5.68. The number of carbonyl (C=O) groups excluding carboxylic acids is 4. The van der Waals surface area contributed by atoms with Gasteiger partial charge in [0.2, 0.25) is 0 Å². The molecule has 2 N–H and O–H groups in total. The molecule has 3 rings (SSSR count). The molecule has 0 saturated carbocycles. The largest absolute Gasteiger partial charge is 0.464 e. The molecule has 4 amide bonds. The minimum absolute atomic E-state index is 0.182. The normalized spacial score (nSPS) is 20.8. The number of esters is 1. The number of anilines is 1. The first kappa shape index (κ1) is 23.8. The molecule has 32 heavy (non-hydrogen) atoms. The summed E-state index contributed by atoms with van der Waals surface area (Å²) in [7, 11) is 0. The van der Waals surface area contributed by atoms with E-state index in [0.29, 0.717) is 31.2 Å². The molecule has 0 spiro atoms. The highest BCUT2D eigenvalue weighted by Gasteiger charge is 2.52. The van der Waals surface area contributed by atoms with Crippen molar-refractivity contribution >= 4 is 41.1 Å². The molecule has 2 saturated heterocycles. The average Bonchev–Trinajstić information content (AvgIpc) is 3.59. The molecule has 0 radical (unpaired) electrons. The second-order valence-electron chi connectivity index (χ2n) is 7.42. The molecule has 2 heterocycles. The first-order chi connectivity index (χ1) is 15.3. The maximum absolute atomic E-state index is 12.5. The summed E-state index contributed by atoms with van der Waals surface area (Å²) < 4.78 is 9.84. The van der Waals surface area contributed by atoms with Crippen molar-refractivity contribution in [2.75, 3.05) is 37.7 Å². The van der Waals surface area contributed by atoms with Gasteiger partial charge < -0.3 is 24.6 Å². The van der Waals surface area contributed by atoms with E-state index in [9.17, 15) is 19.2 Å². The fraction of sp³-hybridized carbons (Fsp3) is 0.524. The molecule has 1 aromatic carbocycles. The summed E-state index contributed by atoms with van der Waals surface area (Å²) >= 11 is 6.24. The number of benzene rings is 1. The molecule has 10 nitrogen and oxygen atoms in total. The fourth-order valence-corrected chi connectivity index (χ4v) is 3.71. The van der Waals surface area contributed by atoms with Crippen LogP contribution in [0.5, 0.6) is 0 Å². The van der Waals surface area contributed by atoms with Crippen LogP contribution >= 0.6 is 11.6 Å². The molecule has 11 heteroatoms. The van der Waals surface area contributed by atoms with E-state index in [2.05, 4.69) is 15.5 Å².